The van der Waals surface area contributed by atoms with Crippen molar-refractivity contribution in [2.75, 3.05) is 5.32 Å². The van der Waals surface area contributed by atoms with E-state index in [2.05, 4.69) is 15.3 Å². The number of aryl methyl sites for hydroxylation is 1. The summed E-state index contributed by atoms with van der Waals surface area (Å²) in [4.78, 5) is 8.40. The summed E-state index contributed by atoms with van der Waals surface area (Å²) in [6.45, 7) is 3.95. The van der Waals surface area contributed by atoms with E-state index in [0.29, 0.717) is 16.0 Å². The molecule has 5 heteroatoms. The zero-order valence-electron chi connectivity index (χ0n) is 10.1. The van der Waals surface area contributed by atoms with Crippen LogP contribution < -0.4 is 5.32 Å². The predicted molar refractivity (Wildman–Crippen MR) is 75.3 cm³/mol. The average Bonchev–Trinajstić information content (AvgIpc) is 2.32. The highest BCUT2D eigenvalue weighted by Gasteiger charge is 2.10. The largest absolute Gasteiger partial charge is 0.348 e. The fraction of sp³-hybridized carbons (Fsp3) is 0.231. The second kappa shape index (κ2) is 5.55. The van der Waals surface area contributed by atoms with Crippen LogP contribution in [0.1, 0.15) is 24.1 Å². The molecular formula is C13H13Cl2N3. The Labute approximate surface area is 116 Å². The normalized spacial score (nSPS) is 12.2. The number of anilines is 1. The van der Waals surface area contributed by atoms with Gasteiger partial charge in [0.2, 0.25) is 5.95 Å². The van der Waals surface area contributed by atoms with Crippen molar-refractivity contribution in [2.45, 2.75) is 19.9 Å². The van der Waals surface area contributed by atoms with Gasteiger partial charge in [-0.25, -0.2) is 9.97 Å². The molecule has 0 aliphatic carbocycles. The van der Waals surface area contributed by atoms with Crippen LogP contribution in [0.25, 0.3) is 0 Å². The van der Waals surface area contributed by atoms with Crippen LogP contribution in [0.5, 0.6) is 0 Å². The molecule has 0 spiro atoms. The summed E-state index contributed by atoms with van der Waals surface area (Å²) in [6, 6.07) is 5.46. The fourth-order valence-electron chi connectivity index (χ4n) is 1.59. The van der Waals surface area contributed by atoms with Gasteiger partial charge in [0.25, 0.3) is 0 Å². The van der Waals surface area contributed by atoms with E-state index in [1.165, 1.54) is 0 Å². The molecule has 0 fully saturated rings. The molecule has 0 amide bonds. The lowest BCUT2D eigenvalue weighted by Gasteiger charge is -2.15. The highest BCUT2D eigenvalue weighted by Crippen LogP contribution is 2.27. The summed E-state index contributed by atoms with van der Waals surface area (Å²) in [5.74, 6) is 0.583. The number of halogens is 2. The van der Waals surface area contributed by atoms with Crippen LogP contribution in [0.3, 0.4) is 0 Å². The van der Waals surface area contributed by atoms with Crippen molar-refractivity contribution in [1.82, 2.24) is 9.97 Å². The zero-order chi connectivity index (χ0) is 13.1. The van der Waals surface area contributed by atoms with Gasteiger partial charge in [0.1, 0.15) is 0 Å². The molecule has 2 aromatic rings. The molecular weight excluding hydrogens is 269 g/mol. The maximum atomic E-state index is 6.15. The third-order valence-electron chi connectivity index (χ3n) is 2.56. The lowest BCUT2D eigenvalue weighted by molar-refractivity contribution is 0.859. The quantitative estimate of drug-likeness (QED) is 0.913. The molecule has 0 saturated carbocycles. The first-order valence-electron chi connectivity index (χ1n) is 5.56. The summed E-state index contributed by atoms with van der Waals surface area (Å²) < 4.78 is 0. The molecule has 1 aromatic heterocycles. The van der Waals surface area contributed by atoms with Crippen LogP contribution in [0.2, 0.25) is 10.0 Å². The first-order valence-corrected chi connectivity index (χ1v) is 6.32. The van der Waals surface area contributed by atoms with Gasteiger partial charge < -0.3 is 5.32 Å². The van der Waals surface area contributed by atoms with E-state index in [-0.39, 0.29) is 6.04 Å². The summed E-state index contributed by atoms with van der Waals surface area (Å²) in [7, 11) is 0. The van der Waals surface area contributed by atoms with Gasteiger partial charge in [-0.3, -0.25) is 0 Å². The Kier molecular flexibility index (Phi) is 4.04. The van der Waals surface area contributed by atoms with E-state index in [1.807, 2.05) is 26.0 Å². The van der Waals surface area contributed by atoms with Gasteiger partial charge in [-0.05, 0) is 37.1 Å². The van der Waals surface area contributed by atoms with Crippen molar-refractivity contribution in [1.29, 1.82) is 0 Å². The molecule has 0 aliphatic heterocycles. The lowest BCUT2D eigenvalue weighted by atomic mass is 10.1. The summed E-state index contributed by atoms with van der Waals surface area (Å²) in [6.07, 6.45) is 3.54. The maximum absolute atomic E-state index is 6.15. The standard InChI is InChI=1S/C13H13Cl2N3/c1-8-6-16-13(17-7-8)18-9(2)11-4-3-10(14)5-12(11)15/h3-7,9H,1-2H3,(H,16,17,18). The SMILES string of the molecule is Cc1cnc(NC(C)c2ccc(Cl)cc2Cl)nc1. The van der Waals surface area contributed by atoms with Crippen LogP contribution >= 0.6 is 23.2 Å². The molecule has 1 N–H and O–H groups in total. The van der Waals surface area contributed by atoms with Crippen molar-refractivity contribution in [3.8, 4) is 0 Å². The van der Waals surface area contributed by atoms with Crippen LogP contribution in [-0.2, 0) is 0 Å². The molecule has 2 rings (SSSR count). The van der Waals surface area contributed by atoms with E-state index in [1.54, 1.807) is 18.5 Å². The van der Waals surface area contributed by atoms with Crippen LogP contribution in [0, 0.1) is 6.92 Å². The molecule has 0 saturated heterocycles. The molecule has 1 heterocycles. The second-order valence-corrected chi connectivity index (χ2v) is 4.96. The summed E-state index contributed by atoms with van der Waals surface area (Å²) in [5, 5.41) is 4.46. The fourth-order valence-corrected chi connectivity index (χ4v) is 2.16. The predicted octanol–water partition coefficient (Wildman–Crippen LogP) is 4.26. The van der Waals surface area contributed by atoms with Crippen molar-refractivity contribution in [3.05, 3.63) is 51.8 Å². The maximum Gasteiger partial charge on any atom is 0.223 e. The number of aromatic nitrogens is 2. The lowest BCUT2D eigenvalue weighted by Crippen LogP contribution is -2.09. The molecule has 0 bridgehead atoms. The van der Waals surface area contributed by atoms with Gasteiger partial charge in [-0.1, -0.05) is 29.3 Å². The van der Waals surface area contributed by atoms with Crippen molar-refractivity contribution < 1.29 is 0 Å². The number of nitrogens with zero attached hydrogens (tertiary/aromatic N) is 2. The molecule has 18 heavy (non-hydrogen) atoms. The Bertz CT molecular complexity index is 540. The monoisotopic (exact) mass is 281 g/mol. The molecule has 3 nitrogen and oxygen atoms in total. The number of benzene rings is 1. The summed E-state index contributed by atoms with van der Waals surface area (Å²) >= 11 is 12.0. The Morgan fingerprint density at radius 3 is 2.44 bits per heavy atom. The van der Waals surface area contributed by atoms with Crippen molar-refractivity contribution >= 4 is 29.2 Å². The van der Waals surface area contributed by atoms with E-state index < -0.39 is 0 Å². The highest BCUT2D eigenvalue weighted by molar-refractivity contribution is 6.35. The Balaban J connectivity index is 2.16. The molecule has 1 aromatic carbocycles. The smallest absolute Gasteiger partial charge is 0.223 e. The molecule has 0 radical (unpaired) electrons. The molecule has 94 valence electrons. The van der Waals surface area contributed by atoms with Crippen molar-refractivity contribution in [3.63, 3.8) is 0 Å². The topological polar surface area (TPSA) is 37.8 Å². The van der Waals surface area contributed by atoms with Gasteiger partial charge in [0.15, 0.2) is 0 Å². The van der Waals surface area contributed by atoms with E-state index in [9.17, 15) is 0 Å². The third-order valence-corrected chi connectivity index (χ3v) is 3.12. The number of hydrogen-bond acceptors (Lipinski definition) is 3. The Morgan fingerprint density at radius 2 is 1.83 bits per heavy atom. The van der Waals surface area contributed by atoms with Gasteiger partial charge in [-0.2, -0.15) is 0 Å². The Morgan fingerprint density at radius 1 is 1.17 bits per heavy atom. The molecule has 0 aliphatic rings. The molecule has 1 unspecified atom stereocenters. The van der Waals surface area contributed by atoms with Gasteiger partial charge >= 0.3 is 0 Å². The number of rotatable bonds is 3. The highest BCUT2D eigenvalue weighted by atomic mass is 35.5. The van der Waals surface area contributed by atoms with Crippen molar-refractivity contribution in [2.24, 2.45) is 0 Å². The van der Waals surface area contributed by atoms with Gasteiger partial charge in [0.05, 0.1) is 6.04 Å². The average molecular weight is 282 g/mol. The summed E-state index contributed by atoms with van der Waals surface area (Å²) in [5.41, 5.74) is 1.99. The minimum atomic E-state index is 0.0115. The van der Waals surface area contributed by atoms with E-state index >= 15 is 0 Å². The van der Waals surface area contributed by atoms with Crippen LogP contribution in [0.4, 0.5) is 5.95 Å². The van der Waals surface area contributed by atoms with Gasteiger partial charge in [0, 0.05) is 22.4 Å². The minimum Gasteiger partial charge on any atom is -0.348 e. The van der Waals surface area contributed by atoms with Crippen LogP contribution in [0.15, 0.2) is 30.6 Å². The third kappa shape index (κ3) is 3.12. The van der Waals surface area contributed by atoms with Gasteiger partial charge in [-0.15, -0.1) is 0 Å². The second-order valence-electron chi connectivity index (χ2n) is 4.12. The van der Waals surface area contributed by atoms with Crippen LogP contribution in [-0.4, -0.2) is 9.97 Å². The first-order chi connectivity index (χ1) is 8.56. The van der Waals surface area contributed by atoms with E-state index in [0.717, 1.165) is 11.1 Å². The number of nitrogens with one attached hydrogen (secondary N) is 1. The zero-order valence-corrected chi connectivity index (χ0v) is 11.6. The number of hydrogen-bond donors (Lipinski definition) is 1. The first kappa shape index (κ1) is 13.1. The molecule has 1 atom stereocenters. The van der Waals surface area contributed by atoms with E-state index in [4.69, 9.17) is 23.2 Å². The Hall–Kier alpha value is -1.32. The minimum absolute atomic E-state index is 0.0115.